The lowest BCUT2D eigenvalue weighted by Crippen LogP contribution is -2.53. The maximum atomic E-state index is 14.6. The summed E-state index contributed by atoms with van der Waals surface area (Å²) >= 11 is 0. The van der Waals surface area contributed by atoms with Crippen molar-refractivity contribution in [2.24, 2.45) is 5.92 Å². The van der Waals surface area contributed by atoms with E-state index in [1.807, 2.05) is 20.8 Å². The van der Waals surface area contributed by atoms with Crippen LogP contribution in [-0.4, -0.2) is 59.0 Å². The number of aliphatic hydroxyl groups excluding tert-OH is 1. The lowest BCUT2D eigenvalue weighted by atomic mass is 9.86. The Bertz CT molecular complexity index is 1170. The Hall–Kier alpha value is -2.28. The topological polar surface area (TPSA) is 93.8 Å². The molecule has 0 bridgehead atoms. The van der Waals surface area contributed by atoms with Gasteiger partial charge < -0.3 is 25.6 Å². The molecule has 1 saturated heterocycles. The van der Waals surface area contributed by atoms with Gasteiger partial charge in [0.15, 0.2) is 0 Å². The molecule has 1 aliphatic rings. The Morgan fingerprint density at radius 1 is 1.13 bits per heavy atom. The van der Waals surface area contributed by atoms with E-state index in [1.165, 1.54) is 12.1 Å². The lowest BCUT2D eigenvalue weighted by molar-refractivity contribution is -0.206. The highest BCUT2D eigenvalue weighted by Crippen LogP contribution is 2.33. The molecule has 0 amide bonds. The number of ether oxygens (including phenoxy) is 2. The van der Waals surface area contributed by atoms with Gasteiger partial charge in [-0.3, -0.25) is 4.21 Å². The molecule has 4 N–H and O–H groups in total. The fraction of sp³-hybridized carbons (Fsp3) is 0.556. The summed E-state index contributed by atoms with van der Waals surface area (Å²) in [6.07, 6.45) is -8.17. The number of halogens is 5. The van der Waals surface area contributed by atoms with E-state index >= 15 is 0 Å². The molecule has 0 radical (unpaired) electrons. The van der Waals surface area contributed by atoms with Crippen LogP contribution in [-0.2, 0) is 33.9 Å². The summed E-state index contributed by atoms with van der Waals surface area (Å²) in [4.78, 5) is 0. The molecule has 3 rings (SSSR count). The van der Waals surface area contributed by atoms with Gasteiger partial charge in [0, 0.05) is 53.5 Å². The van der Waals surface area contributed by atoms with E-state index in [2.05, 4.69) is 10.1 Å². The zero-order chi connectivity index (χ0) is 29.1. The van der Waals surface area contributed by atoms with E-state index < -0.39 is 70.8 Å². The van der Waals surface area contributed by atoms with Gasteiger partial charge in [0.05, 0.1) is 12.7 Å². The predicted molar refractivity (Wildman–Crippen MR) is 140 cm³/mol. The second kappa shape index (κ2) is 12.5. The van der Waals surface area contributed by atoms with Gasteiger partial charge in [-0.25, -0.2) is 8.78 Å². The lowest BCUT2D eigenvalue weighted by Gasteiger charge is -2.35. The fourth-order valence-corrected chi connectivity index (χ4v) is 6.12. The minimum atomic E-state index is -4.78. The molecule has 0 aliphatic carbocycles. The molecule has 0 spiro atoms. The quantitative estimate of drug-likeness (QED) is 0.305. The van der Waals surface area contributed by atoms with Crippen molar-refractivity contribution in [1.82, 2.24) is 5.32 Å². The predicted octanol–water partition coefficient (Wildman–Crippen LogP) is 4.24. The summed E-state index contributed by atoms with van der Waals surface area (Å²) in [6.45, 7) is 5.30. The average molecular weight is 579 g/mol. The van der Waals surface area contributed by atoms with Crippen LogP contribution in [0.1, 0.15) is 37.5 Å². The molecule has 0 aromatic heterocycles. The molecule has 0 saturated carbocycles. The number of nitrogen functional groups attached to an aromatic ring is 1. The van der Waals surface area contributed by atoms with E-state index in [1.54, 1.807) is 12.1 Å². The van der Waals surface area contributed by atoms with Crippen molar-refractivity contribution >= 4 is 16.5 Å². The summed E-state index contributed by atoms with van der Waals surface area (Å²) in [6, 6.07) is 6.46. The summed E-state index contributed by atoms with van der Waals surface area (Å²) in [5.41, 5.74) is 6.42. The molecule has 1 aliphatic heterocycles. The van der Waals surface area contributed by atoms with Gasteiger partial charge in [-0.1, -0.05) is 32.9 Å². The number of nitrogens with two attached hydrogens (primary N) is 1. The first-order valence-corrected chi connectivity index (χ1v) is 13.9. The SMILES string of the molecule is COC[C@@H](Oc1cc(C[C@@H]2CS(=O)C[C@H](NCc3cc(C(C)(C)C)ccc3F)[C@H]2O)cc(F)c1N)C(F)(F)F. The summed E-state index contributed by atoms with van der Waals surface area (Å²) in [7, 11) is -0.270. The monoisotopic (exact) mass is 578 g/mol. The minimum absolute atomic E-state index is 0.00742. The number of aliphatic hydroxyl groups is 1. The van der Waals surface area contributed by atoms with Crippen LogP contribution in [0.5, 0.6) is 5.75 Å². The second-order valence-electron chi connectivity index (χ2n) is 10.9. The van der Waals surface area contributed by atoms with Crippen molar-refractivity contribution in [3.8, 4) is 5.75 Å². The van der Waals surface area contributed by atoms with Gasteiger partial charge in [-0.2, -0.15) is 13.2 Å². The molecule has 5 atom stereocenters. The van der Waals surface area contributed by atoms with Crippen molar-refractivity contribution in [2.45, 2.75) is 63.6 Å². The Morgan fingerprint density at radius 2 is 1.82 bits per heavy atom. The van der Waals surface area contributed by atoms with Crippen molar-refractivity contribution in [3.63, 3.8) is 0 Å². The Balaban J connectivity index is 1.76. The Morgan fingerprint density at radius 3 is 2.44 bits per heavy atom. The van der Waals surface area contributed by atoms with Gasteiger partial charge in [-0.15, -0.1) is 0 Å². The molecule has 39 heavy (non-hydrogen) atoms. The van der Waals surface area contributed by atoms with E-state index in [0.717, 1.165) is 18.7 Å². The molecule has 1 unspecified atom stereocenters. The normalized spacial score (nSPS) is 23.0. The van der Waals surface area contributed by atoms with Gasteiger partial charge in [-0.05, 0) is 41.2 Å². The molecular formula is C27H35F5N2O4S. The van der Waals surface area contributed by atoms with E-state index in [9.17, 15) is 31.3 Å². The van der Waals surface area contributed by atoms with Gasteiger partial charge in [0.2, 0.25) is 6.10 Å². The highest BCUT2D eigenvalue weighted by molar-refractivity contribution is 7.85. The molecule has 2 aromatic carbocycles. The van der Waals surface area contributed by atoms with Crippen molar-refractivity contribution in [2.75, 3.05) is 31.0 Å². The molecule has 2 aromatic rings. The second-order valence-corrected chi connectivity index (χ2v) is 12.4. The first-order valence-electron chi connectivity index (χ1n) is 12.5. The Kier molecular flexibility index (Phi) is 10.0. The maximum Gasteiger partial charge on any atom is 0.427 e. The average Bonchev–Trinajstić information content (AvgIpc) is 2.82. The van der Waals surface area contributed by atoms with Crippen LogP contribution in [0.3, 0.4) is 0 Å². The van der Waals surface area contributed by atoms with Crippen LogP contribution < -0.4 is 15.8 Å². The number of nitrogens with one attached hydrogen (secondary N) is 1. The third kappa shape index (κ3) is 8.12. The van der Waals surface area contributed by atoms with E-state index in [4.69, 9.17) is 10.5 Å². The molecular weight excluding hydrogens is 543 g/mol. The third-order valence-corrected chi connectivity index (χ3v) is 8.26. The number of hydrogen-bond acceptors (Lipinski definition) is 6. The summed E-state index contributed by atoms with van der Waals surface area (Å²) in [5, 5.41) is 14.1. The number of anilines is 1. The summed E-state index contributed by atoms with van der Waals surface area (Å²) in [5.74, 6) is -2.27. The van der Waals surface area contributed by atoms with Crippen LogP contribution in [0, 0.1) is 17.6 Å². The molecule has 1 heterocycles. The van der Waals surface area contributed by atoms with Gasteiger partial charge >= 0.3 is 6.18 Å². The number of alkyl halides is 3. The van der Waals surface area contributed by atoms with Gasteiger partial charge in [0.1, 0.15) is 23.1 Å². The van der Waals surface area contributed by atoms with Gasteiger partial charge in [0.25, 0.3) is 0 Å². The number of methoxy groups -OCH3 is 1. The van der Waals surface area contributed by atoms with Crippen LogP contribution in [0.15, 0.2) is 30.3 Å². The summed E-state index contributed by atoms with van der Waals surface area (Å²) < 4.78 is 91.1. The molecule has 218 valence electrons. The van der Waals surface area contributed by atoms with Crippen molar-refractivity contribution in [1.29, 1.82) is 0 Å². The van der Waals surface area contributed by atoms with Crippen LogP contribution in [0.2, 0.25) is 0 Å². The third-order valence-electron chi connectivity index (χ3n) is 6.73. The first-order chi connectivity index (χ1) is 18.1. The highest BCUT2D eigenvalue weighted by atomic mass is 32.2. The highest BCUT2D eigenvalue weighted by Gasteiger charge is 2.42. The van der Waals surface area contributed by atoms with Crippen LogP contribution >= 0.6 is 0 Å². The fourth-order valence-electron chi connectivity index (χ4n) is 4.47. The largest absolute Gasteiger partial charge is 0.476 e. The minimum Gasteiger partial charge on any atom is -0.476 e. The van der Waals surface area contributed by atoms with Crippen molar-refractivity contribution < 1.29 is 40.7 Å². The van der Waals surface area contributed by atoms with E-state index in [-0.39, 0.29) is 35.4 Å². The number of hydrogen-bond donors (Lipinski definition) is 3. The first kappa shape index (κ1) is 31.3. The maximum absolute atomic E-state index is 14.6. The smallest absolute Gasteiger partial charge is 0.427 e. The van der Waals surface area contributed by atoms with Crippen molar-refractivity contribution in [3.05, 3.63) is 58.7 Å². The molecule has 1 fully saturated rings. The van der Waals surface area contributed by atoms with E-state index in [0.29, 0.717) is 5.56 Å². The zero-order valence-corrected chi connectivity index (χ0v) is 23.1. The Labute approximate surface area is 227 Å². The van der Waals surface area contributed by atoms with Crippen LogP contribution in [0.4, 0.5) is 27.6 Å². The van der Waals surface area contributed by atoms with Crippen LogP contribution in [0.25, 0.3) is 0 Å². The molecule has 6 nitrogen and oxygen atoms in total. The standard InChI is InChI=1S/C27H35F5N2O4S/c1-26(2,3)18-5-6-19(28)16(10-18)11-34-21-14-39(36)13-17(25(21)35)7-15-8-20(29)24(33)22(9-15)38-23(12-37-4)27(30,31)32/h5-6,8-10,17,21,23,25,34-35H,7,11-14,33H2,1-4H3/t17-,21+,23-,25+,39?/m1/s1. The molecule has 12 heteroatoms. The zero-order valence-electron chi connectivity index (χ0n) is 22.3. The number of benzene rings is 2. The number of rotatable bonds is 9.